The summed E-state index contributed by atoms with van der Waals surface area (Å²) < 4.78 is 10.7. The Morgan fingerprint density at radius 2 is 2.23 bits per heavy atom. The van der Waals surface area contributed by atoms with Gasteiger partial charge in [0.15, 0.2) is 5.82 Å². The molecule has 2 aromatic heterocycles. The number of carbonyl (C=O) groups excluding carboxylic acids is 1. The molecule has 2 atom stereocenters. The second-order valence-corrected chi connectivity index (χ2v) is 6.05. The molecule has 4 rings (SSSR count). The van der Waals surface area contributed by atoms with Gasteiger partial charge in [-0.05, 0) is 31.4 Å². The minimum atomic E-state index is -0.00520. The van der Waals surface area contributed by atoms with Gasteiger partial charge in [0.05, 0.1) is 6.26 Å². The van der Waals surface area contributed by atoms with E-state index in [1.807, 2.05) is 18.2 Å². The van der Waals surface area contributed by atoms with Crippen molar-refractivity contribution in [3.8, 4) is 0 Å². The molecular weight excluding hydrogens is 282 g/mol. The van der Waals surface area contributed by atoms with Crippen molar-refractivity contribution in [2.45, 2.75) is 31.1 Å². The predicted octanol–water partition coefficient (Wildman–Crippen LogP) is 2.64. The van der Waals surface area contributed by atoms with E-state index >= 15 is 0 Å². The molecule has 1 aliphatic heterocycles. The molecule has 2 aromatic rings. The monoisotopic (exact) mass is 301 g/mol. The summed E-state index contributed by atoms with van der Waals surface area (Å²) in [4.78, 5) is 12.2. The number of nitrogens with zero attached hydrogens (tertiary/aromatic N) is 1. The van der Waals surface area contributed by atoms with Crippen LogP contribution in [0.25, 0.3) is 0 Å². The second kappa shape index (κ2) is 5.61. The normalized spacial score (nSPS) is 25.1. The van der Waals surface area contributed by atoms with Crippen molar-refractivity contribution in [3.05, 3.63) is 35.9 Å². The van der Waals surface area contributed by atoms with Crippen LogP contribution in [0.4, 0.5) is 5.82 Å². The van der Waals surface area contributed by atoms with E-state index < -0.39 is 0 Å². The van der Waals surface area contributed by atoms with Crippen LogP contribution in [0.3, 0.4) is 0 Å². The Morgan fingerprint density at radius 3 is 3.00 bits per heavy atom. The Morgan fingerprint density at radius 1 is 1.36 bits per heavy atom. The van der Waals surface area contributed by atoms with Crippen LogP contribution in [0.1, 0.15) is 42.6 Å². The van der Waals surface area contributed by atoms with Gasteiger partial charge >= 0.3 is 0 Å². The van der Waals surface area contributed by atoms with Crippen molar-refractivity contribution in [2.24, 2.45) is 5.92 Å². The fourth-order valence-electron chi connectivity index (χ4n) is 3.14. The van der Waals surface area contributed by atoms with Crippen molar-refractivity contribution < 1.29 is 13.9 Å². The summed E-state index contributed by atoms with van der Waals surface area (Å²) in [6, 6.07) is 5.73. The lowest BCUT2D eigenvalue weighted by Gasteiger charge is -2.20. The Labute approximate surface area is 128 Å². The summed E-state index contributed by atoms with van der Waals surface area (Å²) in [5, 5.41) is 10.1. The number of rotatable bonds is 4. The van der Waals surface area contributed by atoms with Crippen LogP contribution >= 0.6 is 0 Å². The summed E-state index contributed by atoms with van der Waals surface area (Å²) in [5.41, 5.74) is 1.08. The van der Waals surface area contributed by atoms with Crippen LogP contribution in [0.15, 0.2) is 28.9 Å². The first-order valence-corrected chi connectivity index (χ1v) is 7.78. The molecule has 1 amide bonds. The molecule has 6 heteroatoms. The van der Waals surface area contributed by atoms with Crippen LogP contribution in [0, 0.1) is 5.92 Å². The molecule has 0 bridgehead atoms. The van der Waals surface area contributed by atoms with Crippen molar-refractivity contribution in [1.82, 2.24) is 10.2 Å². The fraction of sp³-hybridized carbons (Fsp3) is 0.500. The average molecular weight is 301 g/mol. The zero-order valence-corrected chi connectivity index (χ0v) is 12.2. The zero-order chi connectivity index (χ0) is 14.9. The van der Waals surface area contributed by atoms with E-state index in [0.29, 0.717) is 11.7 Å². The van der Waals surface area contributed by atoms with Gasteiger partial charge in [-0.1, -0.05) is 0 Å². The topological polar surface area (TPSA) is 80.1 Å². The second-order valence-electron chi connectivity index (χ2n) is 6.05. The Bertz CT molecular complexity index is 643. The van der Waals surface area contributed by atoms with Crippen LogP contribution < -0.4 is 5.32 Å². The minimum Gasteiger partial charge on any atom is -0.469 e. The van der Waals surface area contributed by atoms with Gasteiger partial charge in [-0.2, -0.15) is 5.10 Å². The molecule has 0 aromatic carbocycles. The van der Waals surface area contributed by atoms with Gasteiger partial charge in [-0.25, -0.2) is 0 Å². The van der Waals surface area contributed by atoms with E-state index in [1.54, 1.807) is 6.26 Å². The van der Waals surface area contributed by atoms with E-state index in [2.05, 4.69) is 15.5 Å². The average Bonchev–Trinajstić information content (AvgIpc) is 2.97. The number of aromatic nitrogens is 2. The highest BCUT2D eigenvalue weighted by Crippen LogP contribution is 2.48. The molecule has 22 heavy (non-hydrogen) atoms. The number of anilines is 1. The van der Waals surface area contributed by atoms with Crippen LogP contribution in [-0.2, 0) is 9.53 Å². The maximum atomic E-state index is 12.2. The SMILES string of the molecule is O=C(Nc1cc(C2CCOCC2)[nH]n1)[C@H]1C[C@H]1c1ccco1. The molecule has 1 saturated heterocycles. The predicted molar refractivity (Wildman–Crippen MR) is 79.6 cm³/mol. The van der Waals surface area contributed by atoms with Crippen LogP contribution in [-0.4, -0.2) is 29.3 Å². The van der Waals surface area contributed by atoms with E-state index in [0.717, 1.165) is 43.9 Å². The minimum absolute atomic E-state index is 0.00520. The number of hydrogen-bond donors (Lipinski definition) is 2. The molecule has 1 saturated carbocycles. The van der Waals surface area contributed by atoms with Gasteiger partial charge in [0, 0.05) is 42.7 Å². The number of amides is 1. The fourth-order valence-corrected chi connectivity index (χ4v) is 3.14. The van der Waals surface area contributed by atoms with Crippen molar-refractivity contribution in [3.63, 3.8) is 0 Å². The third kappa shape index (κ3) is 2.66. The Balaban J connectivity index is 1.36. The lowest BCUT2D eigenvalue weighted by molar-refractivity contribution is -0.117. The lowest BCUT2D eigenvalue weighted by atomic mass is 9.97. The quantitative estimate of drug-likeness (QED) is 0.909. The summed E-state index contributed by atoms with van der Waals surface area (Å²) in [5.74, 6) is 2.18. The highest BCUT2D eigenvalue weighted by atomic mass is 16.5. The maximum absolute atomic E-state index is 12.2. The first-order valence-electron chi connectivity index (χ1n) is 7.78. The molecular formula is C16H19N3O3. The lowest BCUT2D eigenvalue weighted by Crippen LogP contribution is -2.15. The third-order valence-electron chi connectivity index (χ3n) is 4.55. The Kier molecular flexibility index (Phi) is 3.46. The molecule has 0 unspecified atom stereocenters. The number of ether oxygens (including phenoxy) is 1. The number of carbonyl (C=O) groups is 1. The summed E-state index contributed by atoms with van der Waals surface area (Å²) >= 11 is 0. The van der Waals surface area contributed by atoms with Gasteiger partial charge in [0.1, 0.15) is 5.76 Å². The molecule has 116 valence electrons. The first-order chi connectivity index (χ1) is 10.8. The molecule has 3 heterocycles. The number of H-pyrrole nitrogens is 1. The number of nitrogens with one attached hydrogen (secondary N) is 2. The van der Waals surface area contributed by atoms with Crippen molar-refractivity contribution >= 4 is 11.7 Å². The largest absolute Gasteiger partial charge is 0.469 e. The molecule has 0 spiro atoms. The number of hydrogen-bond acceptors (Lipinski definition) is 4. The molecule has 6 nitrogen and oxygen atoms in total. The van der Waals surface area contributed by atoms with E-state index in [-0.39, 0.29) is 17.7 Å². The van der Waals surface area contributed by atoms with Crippen molar-refractivity contribution in [1.29, 1.82) is 0 Å². The van der Waals surface area contributed by atoms with Gasteiger partial charge in [0.2, 0.25) is 5.91 Å². The highest BCUT2D eigenvalue weighted by molar-refractivity contribution is 5.94. The molecule has 1 aliphatic carbocycles. The molecule has 0 radical (unpaired) electrons. The van der Waals surface area contributed by atoms with Crippen molar-refractivity contribution in [2.75, 3.05) is 18.5 Å². The molecule has 2 fully saturated rings. The summed E-state index contributed by atoms with van der Waals surface area (Å²) in [7, 11) is 0. The maximum Gasteiger partial charge on any atom is 0.229 e. The van der Waals surface area contributed by atoms with Crippen LogP contribution in [0.5, 0.6) is 0 Å². The zero-order valence-electron chi connectivity index (χ0n) is 12.2. The first kappa shape index (κ1) is 13.6. The summed E-state index contributed by atoms with van der Waals surface area (Å²) in [6.07, 6.45) is 4.49. The van der Waals surface area contributed by atoms with Gasteiger partial charge in [-0.15, -0.1) is 0 Å². The standard InChI is InChI=1S/C16H19N3O3/c20-16(12-8-11(12)14-2-1-5-22-14)17-15-9-13(18-19-15)10-3-6-21-7-4-10/h1-2,5,9-12H,3-4,6-8H2,(H2,17,18,19,20)/t11-,12+/m1/s1. The molecule has 2 aliphatic rings. The van der Waals surface area contributed by atoms with E-state index in [9.17, 15) is 4.79 Å². The third-order valence-corrected chi connectivity index (χ3v) is 4.55. The van der Waals surface area contributed by atoms with Crippen LogP contribution in [0.2, 0.25) is 0 Å². The molecule has 2 N–H and O–H groups in total. The summed E-state index contributed by atoms with van der Waals surface area (Å²) in [6.45, 7) is 1.58. The van der Waals surface area contributed by atoms with E-state index in [1.165, 1.54) is 0 Å². The number of aromatic amines is 1. The number of furan rings is 1. The Hall–Kier alpha value is -2.08. The van der Waals surface area contributed by atoms with Gasteiger partial charge in [-0.3, -0.25) is 9.89 Å². The smallest absolute Gasteiger partial charge is 0.229 e. The van der Waals surface area contributed by atoms with Gasteiger partial charge in [0.25, 0.3) is 0 Å². The highest BCUT2D eigenvalue weighted by Gasteiger charge is 2.46. The van der Waals surface area contributed by atoms with E-state index in [4.69, 9.17) is 9.15 Å². The van der Waals surface area contributed by atoms with Gasteiger partial charge < -0.3 is 14.5 Å².